The predicted molar refractivity (Wildman–Crippen MR) is 115 cm³/mol. The number of fused-ring (bicyclic) bond motifs is 2. The standard InChI is InChI=1S/C22H18N4O2S/c27-26(28)20-13-7-6-12-19(20)21-23-14-16-8-4-5-9-17(16)15-24(23)22(29)25(21)18-10-2-1-3-11-18/h1-13,21H,14-15H2. The Bertz CT molecular complexity index is 1100. The van der Waals surface area contributed by atoms with Crippen LogP contribution in [-0.2, 0) is 13.1 Å². The highest BCUT2D eigenvalue weighted by molar-refractivity contribution is 7.80. The molecule has 144 valence electrons. The smallest absolute Gasteiger partial charge is 0.276 e. The molecule has 3 aromatic carbocycles. The fraction of sp³-hybridized carbons (Fsp3) is 0.136. The summed E-state index contributed by atoms with van der Waals surface area (Å²) >= 11 is 5.88. The van der Waals surface area contributed by atoms with Gasteiger partial charge in [-0.05, 0) is 41.5 Å². The molecule has 2 aliphatic heterocycles. The third kappa shape index (κ3) is 2.86. The molecule has 2 heterocycles. The van der Waals surface area contributed by atoms with Gasteiger partial charge in [0.25, 0.3) is 5.69 Å². The van der Waals surface area contributed by atoms with E-state index in [-0.39, 0.29) is 16.8 Å². The van der Waals surface area contributed by atoms with Crippen molar-refractivity contribution in [3.8, 4) is 0 Å². The van der Waals surface area contributed by atoms with Crippen molar-refractivity contribution in [1.82, 2.24) is 10.0 Å². The third-order valence-electron chi connectivity index (χ3n) is 5.48. The maximum Gasteiger partial charge on any atom is 0.276 e. The van der Waals surface area contributed by atoms with Crippen molar-refractivity contribution in [1.29, 1.82) is 0 Å². The molecule has 29 heavy (non-hydrogen) atoms. The van der Waals surface area contributed by atoms with Crippen LogP contribution < -0.4 is 4.90 Å². The molecule has 0 radical (unpaired) electrons. The molecule has 1 saturated heterocycles. The van der Waals surface area contributed by atoms with Crippen molar-refractivity contribution in [2.45, 2.75) is 19.3 Å². The molecule has 3 aromatic rings. The Morgan fingerprint density at radius 1 is 0.862 bits per heavy atom. The van der Waals surface area contributed by atoms with Crippen molar-refractivity contribution >= 4 is 28.7 Å². The number of rotatable bonds is 3. The van der Waals surface area contributed by atoms with E-state index in [2.05, 4.69) is 22.2 Å². The second-order valence-corrected chi connectivity index (χ2v) is 7.47. The zero-order valence-corrected chi connectivity index (χ0v) is 16.3. The van der Waals surface area contributed by atoms with Crippen LogP contribution in [0.25, 0.3) is 0 Å². The second kappa shape index (κ2) is 6.95. The summed E-state index contributed by atoms with van der Waals surface area (Å²) in [6.45, 7) is 1.28. The molecule has 2 aliphatic rings. The molecule has 6 nitrogen and oxygen atoms in total. The van der Waals surface area contributed by atoms with E-state index >= 15 is 0 Å². The number of nitro benzene ring substituents is 1. The Morgan fingerprint density at radius 3 is 2.21 bits per heavy atom. The lowest BCUT2D eigenvalue weighted by Crippen LogP contribution is -2.42. The van der Waals surface area contributed by atoms with Gasteiger partial charge in [0.2, 0.25) is 0 Å². The first-order valence-electron chi connectivity index (χ1n) is 9.37. The van der Waals surface area contributed by atoms with Crippen LogP contribution in [0.4, 0.5) is 11.4 Å². The molecule has 0 spiro atoms. The number of para-hydroxylation sites is 2. The third-order valence-corrected chi connectivity index (χ3v) is 5.89. The fourth-order valence-corrected chi connectivity index (χ4v) is 4.52. The summed E-state index contributed by atoms with van der Waals surface area (Å²) in [6, 6.07) is 25.0. The molecule has 0 bridgehead atoms. The van der Waals surface area contributed by atoms with E-state index in [4.69, 9.17) is 12.2 Å². The van der Waals surface area contributed by atoms with E-state index in [0.717, 1.165) is 5.69 Å². The molecule has 0 saturated carbocycles. The predicted octanol–water partition coefficient (Wildman–Crippen LogP) is 4.63. The number of hydrogen-bond acceptors (Lipinski definition) is 4. The first kappa shape index (κ1) is 17.8. The highest BCUT2D eigenvalue weighted by Gasteiger charge is 2.47. The number of benzene rings is 3. The average Bonchev–Trinajstić information content (AvgIpc) is 3.04. The molecule has 0 N–H and O–H groups in total. The van der Waals surface area contributed by atoms with Gasteiger partial charge < -0.3 is 0 Å². The number of hydrogen-bond donors (Lipinski definition) is 0. The Labute approximate surface area is 173 Å². The maximum absolute atomic E-state index is 11.8. The summed E-state index contributed by atoms with van der Waals surface area (Å²) < 4.78 is 0. The zero-order chi connectivity index (χ0) is 20.0. The van der Waals surface area contributed by atoms with E-state index < -0.39 is 0 Å². The summed E-state index contributed by atoms with van der Waals surface area (Å²) in [7, 11) is 0. The molecule has 0 amide bonds. The molecule has 1 fully saturated rings. The van der Waals surface area contributed by atoms with E-state index in [0.29, 0.717) is 23.8 Å². The number of anilines is 1. The SMILES string of the molecule is O=[N+]([O-])c1ccccc1C1N(c2ccccc2)C(=S)N2Cc3ccccc3CN12. The first-order valence-corrected chi connectivity index (χ1v) is 9.78. The van der Waals surface area contributed by atoms with Crippen LogP contribution in [0.2, 0.25) is 0 Å². The van der Waals surface area contributed by atoms with Gasteiger partial charge in [0.05, 0.1) is 17.0 Å². The van der Waals surface area contributed by atoms with Crippen LogP contribution in [-0.4, -0.2) is 20.1 Å². The minimum absolute atomic E-state index is 0.0990. The molecule has 5 rings (SSSR count). The lowest BCUT2D eigenvalue weighted by molar-refractivity contribution is -0.386. The summed E-state index contributed by atoms with van der Waals surface area (Å²) in [5.41, 5.74) is 4.08. The zero-order valence-electron chi connectivity index (χ0n) is 15.5. The van der Waals surface area contributed by atoms with Crippen LogP contribution in [0.1, 0.15) is 22.9 Å². The summed E-state index contributed by atoms with van der Waals surface area (Å²) in [4.78, 5) is 13.5. The molecule has 0 aromatic heterocycles. The van der Waals surface area contributed by atoms with Crippen LogP contribution in [0.5, 0.6) is 0 Å². The minimum Gasteiger partial charge on any atom is -0.295 e. The van der Waals surface area contributed by atoms with Crippen LogP contribution in [0.3, 0.4) is 0 Å². The quantitative estimate of drug-likeness (QED) is 0.362. The Hall–Kier alpha value is -3.29. The van der Waals surface area contributed by atoms with E-state index in [9.17, 15) is 10.1 Å². The van der Waals surface area contributed by atoms with Gasteiger partial charge in [-0.3, -0.25) is 20.0 Å². The number of nitro groups is 1. The van der Waals surface area contributed by atoms with E-state index in [1.165, 1.54) is 11.1 Å². The van der Waals surface area contributed by atoms with Gasteiger partial charge in [0, 0.05) is 18.3 Å². The van der Waals surface area contributed by atoms with Gasteiger partial charge in [-0.25, -0.2) is 0 Å². The van der Waals surface area contributed by atoms with Crippen molar-refractivity contribution in [3.63, 3.8) is 0 Å². The van der Waals surface area contributed by atoms with Crippen LogP contribution in [0.15, 0.2) is 78.9 Å². The van der Waals surface area contributed by atoms with E-state index in [1.54, 1.807) is 12.1 Å². The summed E-state index contributed by atoms with van der Waals surface area (Å²) in [5, 5.41) is 16.6. The Morgan fingerprint density at radius 2 is 1.48 bits per heavy atom. The van der Waals surface area contributed by atoms with Gasteiger partial charge in [0.15, 0.2) is 5.11 Å². The molecule has 7 heteroatoms. The minimum atomic E-state index is -0.389. The molecular weight excluding hydrogens is 384 g/mol. The Kier molecular flexibility index (Phi) is 4.26. The summed E-state index contributed by atoms with van der Waals surface area (Å²) in [6.07, 6.45) is -0.389. The lowest BCUT2D eigenvalue weighted by Gasteiger charge is -2.36. The van der Waals surface area contributed by atoms with Crippen molar-refractivity contribution in [3.05, 3.63) is 106 Å². The molecule has 1 atom stereocenters. The van der Waals surface area contributed by atoms with Crippen molar-refractivity contribution in [2.75, 3.05) is 4.90 Å². The van der Waals surface area contributed by atoms with E-state index in [1.807, 2.05) is 59.5 Å². The number of nitrogens with zero attached hydrogens (tertiary/aromatic N) is 4. The van der Waals surface area contributed by atoms with Gasteiger partial charge in [-0.1, -0.05) is 54.6 Å². The molecular formula is C22H18N4O2S. The lowest BCUT2D eigenvalue weighted by atomic mass is 10.0. The fourth-order valence-electron chi connectivity index (χ4n) is 4.15. The highest BCUT2D eigenvalue weighted by atomic mass is 32.1. The average molecular weight is 402 g/mol. The monoisotopic (exact) mass is 402 g/mol. The van der Waals surface area contributed by atoms with Crippen molar-refractivity contribution in [2.24, 2.45) is 0 Å². The van der Waals surface area contributed by atoms with Gasteiger partial charge in [-0.2, -0.15) is 5.01 Å². The summed E-state index contributed by atoms with van der Waals surface area (Å²) in [5.74, 6) is 0. The Balaban J connectivity index is 1.68. The largest absolute Gasteiger partial charge is 0.295 e. The van der Waals surface area contributed by atoms with Gasteiger partial charge in [-0.15, -0.1) is 0 Å². The van der Waals surface area contributed by atoms with Crippen molar-refractivity contribution < 1.29 is 4.92 Å². The maximum atomic E-state index is 11.8. The van der Waals surface area contributed by atoms with Crippen LogP contribution in [0, 0.1) is 10.1 Å². The number of hydrazine groups is 1. The highest BCUT2D eigenvalue weighted by Crippen LogP contribution is 2.44. The van der Waals surface area contributed by atoms with Gasteiger partial charge >= 0.3 is 0 Å². The first-order chi connectivity index (χ1) is 14.1. The molecule has 0 aliphatic carbocycles. The van der Waals surface area contributed by atoms with Crippen LogP contribution >= 0.6 is 12.2 Å². The van der Waals surface area contributed by atoms with Gasteiger partial charge in [0.1, 0.15) is 6.17 Å². The topological polar surface area (TPSA) is 52.9 Å². The number of thiocarbonyl (C=S) groups is 1. The second-order valence-electron chi connectivity index (χ2n) is 7.10. The normalized spacial score (nSPS) is 18.5. The molecule has 1 unspecified atom stereocenters.